The van der Waals surface area contributed by atoms with E-state index in [1.807, 2.05) is 0 Å². The molecule has 0 aromatic carbocycles. The van der Waals surface area contributed by atoms with Gasteiger partial charge in [-0.05, 0) is 59.8 Å². The molecule has 6 aliphatic rings. The van der Waals surface area contributed by atoms with Gasteiger partial charge in [0.1, 0.15) is 79.4 Å². The van der Waals surface area contributed by atoms with Gasteiger partial charge in [-0.15, -0.1) is 0 Å². The second-order valence-corrected chi connectivity index (χ2v) is 25.6. The zero-order valence-electron chi connectivity index (χ0n) is 53.9. The minimum atomic E-state index is -2.01. The molecule has 6 saturated heterocycles. The highest BCUT2D eigenvalue weighted by molar-refractivity contribution is 5.70. The second-order valence-electron chi connectivity index (χ2n) is 25.6. The van der Waals surface area contributed by atoms with Gasteiger partial charge in [0.05, 0.1) is 37.1 Å². The lowest BCUT2D eigenvalue weighted by atomic mass is 9.95. The summed E-state index contributed by atoms with van der Waals surface area (Å²) in [5.41, 5.74) is 0. The summed E-state index contributed by atoms with van der Waals surface area (Å²) < 4.78 is 82.3. The first-order chi connectivity index (χ1) is 42.7. The molecule has 6 rings (SSSR count). The Balaban J connectivity index is 1.35. The van der Waals surface area contributed by atoms with Gasteiger partial charge >= 0.3 is 17.9 Å². The second kappa shape index (κ2) is 38.9. The molecule has 26 atom stereocenters. The summed E-state index contributed by atoms with van der Waals surface area (Å²) in [5.74, 6) is -2.08. The van der Waals surface area contributed by atoms with Gasteiger partial charge in [-0.2, -0.15) is 0 Å². The minimum absolute atomic E-state index is 0.0418. The summed E-state index contributed by atoms with van der Waals surface area (Å²) in [6, 6.07) is 0. The molecule has 0 aliphatic carbocycles. The van der Waals surface area contributed by atoms with Crippen LogP contribution in [0.25, 0.3) is 0 Å². The molecule has 2 bridgehead atoms. The van der Waals surface area contributed by atoms with Crippen molar-refractivity contribution < 1.29 is 122 Å². The van der Waals surface area contributed by atoms with Crippen molar-refractivity contribution in [2.24, 2.45) is 0 Å². The van der Waals surface area contributed by atoms with Crippen molar-refractivity contribution in [3.63, 3.8) is 0 Å². The van der Waals surface area contributed by atoms with E-state index in [-0.39, 0.29) is 25.4 Å². The van der Waals surface area contributed by atoms with E-state index in [0.29, 0.717) is 38.5 Å². The molecule has 0 saturated carbocycles. The van der Waals surface area contributed by atoms with E-state index >= 15 is 0 Å². The molecule has 25 nitrogen and oxygen atoms in total. The number of rotatable bonds is 27. The van der Waals surface area contributed by atoms with Crippen LogP contribution in [-0.4, -0.2) is 230 Å². The van der Waals surface area contributed by atoms with Crippen LogP contribution < -0.4 is 0 Å². The molecule has 0 amide bonds. The lowest BCUT2D eigenvalue weighted by Gasteiger charge is -2.51. The average Bonchev–Trinajstić information content (AvgIpc) is 1.46. The largest absolute Gasteiger partial charge is 0.457 e. The van der Waals surface area contributed by atoms with E-state index in [9.17, 15) is 60.3 Å². The molecule has 0 radical (unpaired) electrons. The zero-order valence-corrected chi connectivity index (χ0v) is 53.9. The maximum atomic E-state index is 14.3. The predicted molar refractivity (Wildman–Crippen MR) is 317 cm³/mol. The van der Waals surface area contributed by atoms with Gasteiger partial charge in [-0.25, -0.2) is 0 Å². The number of aliphatic hydroxyl groups is 9. The average molecular weight is 1280 g/mol. The molecule has 0 aromatic heterocycles. The standard InChI is InChI=1S/C64H112O25/c1-8-11-14-16-18-23-29-34-44(68)85-59-58(89-61-50(74)47(71)46(70)41(35-65)82-61)55(86-60-51(75)49(73)53(37(5)78-60)83-42(66)32-27-21-15-12-9-2)39(7)80-64(59)87-54-38(6)79-62-52(76)56(54)84-43(67)33-28-24-20-17-19-22-26-31-40(30-25-13-10-3)81-63-57(88-62)48(72)45(69)36(4)77-63/h36-41,45-65,69-76H,8-35H2,1-7H3/t36-,37+,38+,39+,40+,41-,45+,46-,47+,48+,49+,50-,51-,52-,53+,54+,55+,56+,57-,58-,59-,60+,61+,62+,63+,64+/m1/s1. The number of fused-ring (bicyclic) bond motifs is 3. The van der Waals surface area contributed by atoms with E-state index < -0.39 is 178 Å². The number of aliphatic hydroxyl groups excluding tert-OH is 9. The fourth-order valence-electron chi connectivity index (χ4n) is 12.7. The highest BCUT2D eigenvalue weighted by Crippen LogP contribution is 2.40. The number of carbonyl (C=O) groups excluding carboxylic acids is 3. The molecule has 9 N–H and O–H groups in total. The number of unbranched alkanes of at least 4 members (excludes halogenated alkanes) is 12. The number of hydrogen-bond donors (Lipinski definition) is 9. The Morgan fingerprint density at radius 3 is 1.57 bits per heavy atom. The lowest BCUT2D eigenvalue weighted by Crippen LogP contribution is -2.68. The number of ether oxygens (including phenoxy) is 13. The van der Waals surface area contributed by atoms with Crippen molar-refractivity contribution in [3.8, 4) is 0 Å². The smallest absolute Gasteiger partial charge is 0.306 e. The van der Waals surface area contributed by atoms with Crippen molar-refractivity contribution in [1.29, 1.82) is 0 Å². The Bertz CT molecular complexity index is 2010. The monoisotopic (exact) mass is 1280 g/mol. The molecule has 0 aromatic rings. The summed E-state index contributed by atoms with van der Waals surface area (Å²) in [4.78, 5) is 41.4. The van der Waals surface area contributed by atoms with Crippen LogP contribution in [0, 0.1) is 0 Å². The molecule has 6 heterocycles. The van der Waals surface area contributed by atoms with Crippen LogP contribution in [0.15, 0.2) is 0 Å². The van der Waals surface area contributed by atoms with Gasteiger partial charge < -0.3 is 108 Å². The molecular formula is C64H112O25. The molecule has 518 valence electrons. The first-order valence-electron chi connectivity index (χ1n) is 33.9. The third-order valence-electron chi connectivity index (χ3n) is 18.2. The van der Waals surface area contributed by atoms with Crippen molar-refractivity contribution in [2.45, 2.75) is 381 Å². The highest BCUT2D eigenvalue weighted by Gasteiger charge is 2.59. The van der Waals surface area contributed by atoms with Crippen molar-refractivity contribution >= 4 is 17.9 Å². The van der Waals surface area contributed by atoms with Crippen LogP contribution in [-0.2, 0) is 76.0 Å². The topological polar surface area (TPSA) is 353 Å². The zero-order chi connectivity index (χ0) is 64.7. The summed E-state index contributed by atoms with van der Waals surface area (Å²) in [7, 11) is 0. The lowest BCUT2D eigenvalue weighted by molar-refractivity contribution is -0.400. The Morgan fingerprint density at radius 1 is 0.427 bits per heavy atom. The van der Waals surface area contributed by atoms with Gasteiger partial charge in [0.2, 0.25) is 0 Å². The molecule has 0 spiro atoms. The van der Waals surface area contributed by atoms with Crippen molar-refractivity contribution in [2.75, 3.05) is 6.61 Å². The van der Waals surface area contributed by atoms with Crippen molar-refractivity contribution in [3.05, 3.63) is 0 Å². The fraction of sp³-hybridized carbons (Fsp3) is 0.953. The predicted octanol–water partition coefficient (Wildman–Crippen LogP) is 4.84. The summed E-state index contributed by atoms with van der Waals surface area (Å²) in [6.07, 6.45) is -19.5. The van der Waals surface area contributed by atoms with E-state index in [0.717, 1.165) is 116 Å². The normalized spacial score (nSPS) is 40.6. The van der Waals surface area contributed by atoms with Crippen LogP contribution in [0.3, 0.4) is 0 Å². The number of esters is 3. The van der Waals surface area contributed by atoms with Gasteiger partial charge in [0.25, 0.3) is 0 Å². The molecular weight excluding hydrogens is 1170 g/mol. The summed E-state index contributed by atoms with van der Waals surface area (Å²) in [6.45, 7) is 11.6. The Morgan fingerprint density at radius 2 is 0.933 bits per heavy atom. The molecule has 25 heteroatoms. The first-order valence-corrected chi connectivity index (χ1v) is 33.9. The van der Waals surface area contributed by atoms with E-state index in [2.05, 4.69) is 20.8 Å². The van der Waals surface area contributed by atoms with E-state index in [4.69, 9.17) is 61.6 Å². The van der Waals surface area contributed by atoms with E-state index in [1.54, 1.807) is 13.8 Å². The maximum Gasteiger partial charge on any atom is 0.306 e. The maximum absolute atomic E-state index is 14.3. The number of carbonyl (C=O) groups is 3. The van der Waals surface area contributed by atoms with Crippen LogP contribution >= 0.6 is 0 Å². The van der Waals surface area contributed by atoms with Gasteiger partial charge in [-0.1, -0.05) is 143 Å². The van der Waals surface area contributed by atoms with E-state index in [1.165, 1.54) is 13.8 Å². The Hall–Kier alpha value is -2.35. The van der Waals surface area contributed by atoms with Gasteiger partial charge in [0, 0.05) is 19.3 Å². The quantitative estimate of drug-likeness (QED) is 0.0302. The third-order valence-corrected chi connectivity index (χ3v) is 18.2. The SMILES string of the molecule is CCCCCCCCCC(=O)O[C@H]1[C@H](O[C@@H]2[C@H]3OC(=O)CCCCCCCCC[C@H](CCCCC)O[C@@H]4O[C@H](C)[C@H](O)[C@H](O)[C@H]4O[C@H](O[C@H]2C)[C@@H]3O)O[C@@H](C)[C@H](O[C@@H]2O[C@@H](C)[C@H](OC(=O)CCCCCCC)[C@@H](O)[C@H]2O)[C@H]1O[C@@H]1O[C@H](CO)[C@@H](O)[C@H](O)[C@H]1O. The highest BCUT2D eigenvalue weighted by atomic mass is 16.8. The summed E-state index contributed by atoms with van der Waals surface area (Å²) >= 11 is 0. The number of hydrogen-bond acceptors (Lipinski definition) is 25. The Kier molecular flexibility index (Phi) is 33.1. The van der Waals surface area contributed by atoms with Crippen LogP contribution in [0.1, 0.15) is 222 Å². The van der Waals surface area contributed by atoms with Crippen molar-refractivity contribution in [1.82, 2.24) is 0 Å². The van der Waals surface area contributed by atoms with Crippen LogP contribution in [0.2, 0.25) is 0 Å². The fourth-order valence-corrected chi connectivity index (χ4v) is 12.7. The third kappa shape index (κ3) is 22.1. The molecule has 6 aliphatic heterocycles. The van der Waals surface area contributed by atoms with Crippen LogP contribution in [0.5, 0.6) is 0 Å². The van der Waals surface area contributed by atoms with Crippen LogP contribution in [0.4, 0.5) is 0 Å². The Labute approximate surface area is 526 Å². The molecule has 6 fully saturated rings. The molecule has 0 unspecified atom stereocenters. The first kappa shape index (κ1) is 75.7. The van der Waals surface area contributed by atoms with Gasteiger partial charge in [-0.3, -0.25) is 14.4 Å². The minimum Gasteiger partial charge on any atom is -0.457 e. The van der Waals surface area contributed by atoms with Gasteiger partial charge in [0.15, 0.2) is 49.8 Å². The molecule has 89 heavy (non-hydrogen) atoms. The summed E-state index contributed by atoms with van der Waals surface area (Å²) in [5, 5.41) is 102.